The van der Waals surface area contributed by atoms with Gasteiger partial charge < -0.3 is 14.9 Å². The third-order valence-corrected chi connectivity index (χ3v) is 4.94. The van der Waals surface area contributed by atoms with Crippen LogP contribution >= 0.6 is 23.4 Å². The van der Waals surface area contributed by atoms with E-state index < -0.39 is 0 Å². The van der Waals surface area contributed by atoms with E-state index in [1.54, 1.807) is 6.92 Å². The van der Waals surface area contributed by atoms with Crippen LogP contribution < -0.4 is 4.90 Å². The quantitative estimate of drug-likeness (QED) is 0.835. The molecule has 0 spiro atoms. The minimum Gasteiger partial charge on any atom is -0.397 e. The summed E-state index contributed by atoms with van der Waals surface area (Å²) in [4.78, 5) is 7.22. The number of fused-ring (bicyclic) bond motifs is 2. The van der Waals surface area contributed by atoms with E-state index in [9.17, 15) is 0 Å². The molecule has 0 aromatic heterocycles. The Hall–Kier alpha value is -1.20. The summed E-state index contributed by atoms with van der Waals surface area (Å²) in [5.74, 6) is 0. The summed E-state index contributed by atoms with van der Waals surface area (Å²) in [6, 6.07) is 14.8. The molecule has 0 fully saturated rings. The molecule has 0 unspecified atom stereocenters. The van der Waals surface area contributed by atoms with Gasteiger partial charge in [0.25, 0.3) is 0 Å². The Morgan fingerprint density at radius 1 is 1.08 bits per heavy atom. The first-order chi connectivity index (χ1) is 11.6. The highest BCUT2D eigenvalue weighted by atomic mass is 35.5. The van der Waals surface area contributed by atoms with Crippen LogP contribution in [0, 0.1) is 0 Å². The fourth-order valence-corrected chi connectivity index (χ4v) is 3.83. The fraction of sp³-hybridized carbons (Fsp3) is 0.368. The summed E-state index contributed by atoms with van der Waals surface area (Å²) in [5.41, 5.74) is 2.51. The molecule has 0 bridgehead atoms. The molecule has 3 rings (SSSR count). The van der Waals surface area contributed by atoms with Crippen LogP contribution in [0.5, 0.6) is 0 Å². The predicted octanol–water partition coefficient (Wildman–Crippen LogP) is 4.89. The van der Waals surface area contributed by atoms with Crippen LogP contribution in [0.25, 0.3) is 0 Å². The molecule has 1 N–H and O–H groups in total. The van der Waals surface area contributed by atoms with Crippen molar-refractivity contribution in [3.05, 3.63) is 47.5 Å². The molecule has 2 aromatic rings. The molecule has 0 saturated carbocycles. The molecule has 0 saturated heterocycles. The van der Waals surface area contributed by atoms with E-state index in [2.05, 4.69) is 60.3 Å². The van der Waals surface area contributed by atoms with Crippen LogP contribution in [0.15, 0.2) is 52.3 Å². The van der Waals surface area contributed by atoms with E-state index in [-0.39, 0.29) is 6.61 Å². The maximum absolute atomic E-state index is 7.57. The number of hydrogen-bond acceptors (Lipinski definition) is 4. The van der Waals surface area contributed by atoms with Crippen molar-refractivity contribution in [1.82, 2.24) is 4.90 Å². The van der Waals surface area contributed by atoms with Crippen molar-refractivity contribution in [1.29, 1.82) is 0 Å². The molecular formula is C19H25ClN2OS. The van der Waals surface area contributed by atoms with Gasteiger partial charge in [-0.25, -0.2) is 0 Å². The first kappa shape index (κ1) is 19.1. The lowest BCUT2D eigenvalue weighted by molar-refractivity contribution is 0.318. The monoisotopic (exact) mass is 364 g/mol. The zero-order valence-electron chi connectivity index (χ0n) is 14.5. The summed E-state index contributed by atoms with van der Waals surface area (Å²) in [7, 11) is 4.23. The first-order valence-corrected chi connectivity index (χ1v) is 9.35. The summed E-state index contributed by atoms with van der Waals surface area (Å²) in [6.45, 7) is 4.02. The van der Waals surface area contributed by atoms with Crippen LogP contribution in [-0.2, 0) is 0 Å². The van der Waals surface area contributed by atoms with Crippen molar-refractivity contribution in [3.63, 3.8) is 0 Å². The van der Waals surface area contributed by atoms with Gasteiger partial charge in [-0.05, 0) is 64.3 Å². The number of nitrogens with zero attached hydrogens (tertiary/aromatic N) is 2. The Bertz CT molecular complexity index is 664. The van der Waals surface area contributed by atoms with Gasteiger partial charge in [-0.3, -0.25) is 0 Å². The zero-order valence-corrected chi connectivity index (χ0v) is 16.1. The molecule has 130 valence electrons. The Balaban J connectivity index is 0.000000647. The van der Waals surface area contributed by atoms with Crippen LogP contribution in [0.1, 0.15) is 13.3 Å². The molecule has 0 atom stereocenters. The Morgan fingerprint density at radius 3 is 2.46 bits per heavy atom. The standard InChI is InChI=1S/C17H19ClN2S.C2H6O/c1-19(2)10-5-11-20-14-6-3-4-7-16(14)21-17-9-8-13(18)12-15(17)20;1-2-3/h3-4,6-9,12H,5,10-11H2,1-2H3;3H,2H2,1H3. The number of halogens is 1. The zero-order chi connectivity index (χ0) is 17.5. The lowest BCUT2D eigenvalue weighted by Gasteiger charge is -2.33. The van der Waals surface area contributed by atoms with Crippen molar-refractivity contribution in [2.75, 3.05) is 38.7 Å². The lowest BCUT2D eigenvalue weighted by Crippen LogP contribution is -2.25. The van der Waals surface area contributed by atoms with E-state index in [0.29, 0.717) is 0 Å². The van der Waals surface area contributed by atoms with Crippen molar-refractivity contribution in [3.8, 4) is 0 Å². The van der Waals surface area contributed by atoms with E-state index in [1.807, 2.05) is 17.8 Å². The maximum atomic E-state index is 7.57. The maximum Gasteiger partial charge on any atom is 0.0567 e. The third-order valence-electron chi connectivity index (χ3n) is 3.57. The average molecular weight is 365 g/mol. The van der Waals surface area contributed by atoms with Crippen LogP contribution in [-0.4, -0.2) is 43.8 Å². The summed E-state index contributed by atoms with van der Waals surface area (Å²) < 4.78 is 0. The van der Waals surface area contributed by atoms with Gasteiger partial charge in [0.05, 0.1) is 11.4 Å². The number of benzene rings is 2. The number of rotatable bonds is 4. The largest absolute Gasteiger partial charge is 0.397 e. The Morgan fingerprint density at radius 2 is 1.75 bits per heavy atom. The Kier molecular flexibility index (Phi) is 7.43. The molecule has 0 amide bonds. The molecule has 1 aliphatic heterocycles. The van der Waals surface area contributed by atoms with E-state index in [0.717, 1.165) is 24.5 Å². The van der Waals surface area contributed by atoms with Crippen molar-refractivity contribution < 1.29 is 5.11 Å². The summed E-state index contributed by atoms with van der Waals surface area (Å²) >= 11 is 8.03. The minimum absolute atomic E-state index is 0.250. The van der Waals surface area contributed by atoms with Gasteiger partial charge in [-0.15, -0.1) is 0 Å². The van der Waals surface area contributed by atoms with E-state index in [4.69, 9.17) is 16.7 Å². The highest BCUT2D eigenvalue weighted by Gasteiger charge is 2.22. The molecule has 0 radical (unpaired) electrons. The van der Waals surface area contributed by atoms with Crippen molar-refractivity contribution >= 4 is 34.7 Å². The molecule has 1 heterocycles. The van der Waals surface area contributed by atoms with Gasteiger partial charge in [-0.2, -0.15) is 0 Å². The van der Waals surface area contributed by atoms with E-state index in [1.165, 1.54) is 21.2 Å². The van der Waals surface area contributed by atoms with Crippen LogP contribution in [0.3, 0.4) is 0 Å². The lowest BCUT2D eigenvalue weighted by atomic mass is 10.2. The topological polar surface area (TPSA) is 26.7 Å². The van der Waals surface area contributed by atoms with Crippen molar-refractivity contribution in [2.45, 2.75) is 23.1 Å². The second kappa shape index (κ2) is 9.33. The van der Waals surface area contributed by atoms with Crippen molar-refractivity contribution in [2.24, 2.45) is 0 Å². The summed E-state index contributed by atoms with van der Waals surface area (Å²) in [5, 5.41) is 8.37. The number of aliphatic hydroxyl groups is 1. The third kappa shape index (κ3) is 4.90. The molecule has 24 heavy (non-hydrogen) atoms. The highest BCUT2D eigenvalue weighted by Crippen LogP contribution is 2.48. The summed E-state index contributed by atoms with van der Waals surface area (Å²) in [6.07, 6.45) is 1.12. The number of aliphatic hydroxyl groups excluding tert-OH is 1. The van der Waals surface area contributed by atoms with Gasteiger partial charge in [0.1, 0.15) is 0 Å². The molecule has 0 aliphatic carbocycles. The fourth-order valence-electron chi connectivity index (χ4n) is 2.59. The second-order valence-electron chi connectivity index (χ2n) is 5.81. The van der Waals surface area contributed by atoms with Gasteiger partial charge >= 0.3 is 0 Å². The molecule has 2 aromatic carbocycles. The van der Waals surface area contributed by atoms with Gasteiger partial charge in [0.2, 0.25) is 0 Å². The smallest absolute Gasteiger partial charge is 0.0567 e. The molecule has 3 nitrogen and oxygen atoms in total. The number of para-hydroxylation sites is 1. The molecule has 5 heteroatoms. The van der Waals surface area contributed by atoms with Crippen LogP contribution in [0.4, 0.5) is 11.4 Å². The average Bonchev–Trinajstić information content (AvgIpc) is 2.55. The van der Waals surface area contributed by atoms with Gasteiger partial charge in [0, 0.05) is 28.0 Å². The van der Waals surface area contributed by atoms with E-state index >= 15 is 0 Å². The molecule has 1 aliphatic rings. The van der Waals surface area contributed by atoms with Gasteiger partial charge in [0.15, 0.2) is 0 Å². The van der Waals surface area contributed by atoms with Gasteiger partial charge in [-0.1, -0.05) is 35.5 Å². The number of anilines is 2. The Labute approximate surface area is 154 Å². The second-order valence-corrected chi connectivity index (χ2v) is 7.33. The van der Waals surface area contributed by atoms with Crippen LogP contribution in [0.2, 0.25) is 5.02 Å². The molecular weight excluding hydrogens is 340 g/mol. The highest BCUT2D eigenvalue weighted by molar-refractivity contribution is 7.99. The first-order valence-electron chi connectivity index (χ1n) is 8.16. The minimum atomic E-state index is 0.250. The number of hydrogen-bond donors (Lipinski definition) is 1. The predicted molar refractivity (Wildman–Crippen MR) is 105 cm³/mol. The SMILES string of the molecule is CCO.CN(C)CCCN1c2ccccc2Sc2ccc(Cl)cc21. The normalized spacial score (nSPS) is 12.3.